The second-order valence-electron chi connectivity index (χ2n) is 11.4. The number of anilines is 2. The summed E-state index contributed by atoms with van der Waals surface area (Å²) in [6, 6.07) is 11.2. The van der Waals surface area contributed by atoms with E-state index in [-0.39, 0.29) is 30.4 Å². The monoisotopic (exact) mass is 532 g/mol. The van der Waals surface area contributed by atoms with Gasteiger partial charge in [-0.1, -0.05) is 58.2 Å². The molecule has 206 valence electrons. The fraction of sp³-hybridized carbons (Fsp3) is 0.433. The van der Waals surface area contributed by atoms with Crippen LogP contribution in [0.5, 0.6) is 0 Å². The van der Waals surface area contributed by atoms with Crippen molar-refractivity contribution < 1.29 is 24.3 Å². The van der Waals surface area contributed by atoms with Crippen LogP contribution in [0.25, 0.3) is 0 Å². The third-order valence-corrected chi connectivity index (χ3v) is 7.22. The number of carbonyl (C=O) groups is 4. The maximum absolute atomic E-state index is 14.0. The van der Waals surface area contributed by atoms with Crippen molar-refractivity contribution in [3.05, 3.63) is 59.2 Å². The number of hydrogen-bond acceptors (Lipinski definition) is 5. The lowest BCUT2D eigenvalue weighted by Gasteiger charge is -2.28. The van der Waals surface area contributed by atoms with Gasteiger partial charge in [0.15, 0.2) is 5.78 Å². The first-order valence-electron chi connectivity index (χ1n) is 13.4. The maximum Gasteiger partial charge on any atom is 0.345 e. The molecule has 0 atom stereocenters. The molecule has 1 fully saturated rings. The van der Waals surface area contributed by atoms with Gasteiger partial charge in [-0.05, 0) is 49.6 Å². The smallest absolute Gasteiger partial charge is 0.345 e. The Hall–Kier alpha value is -4.01. The molecule has 2 aliphatic rings. The number of hydrazone groups is 1. The van der Waals surface area contributed by atoms with Crippen molar-refractivity contribution in [2.24, 2.45) is 16.4 Å². The highest BCUT2D eigenvalue weighted by Crippen LogP contribution is 2.35. The predicted molar refractivity (Wildman–Crippen MR) is 150 cm³/mol. The molecule has 0 unspecified atom stereocenters. The van der Waals surface area contributed by atoms with Crippen LogP contribution in [-0.2, 0) is 9.59 Å². The van der Waals surface area contributed by atoms with Gasteiger partial charge in [-0.2, -0.15) is 5.10 Å². The molecule has 4 rings (SSSR count). The van der Waals surface area contributed by atoms with Crippen LogP contribution in [0, 0.1) is 18.3 Å². The maximum atomic E-state index is 14.0. The van der Waals surface area contributed by atoms with Crippen molar-refractivity contribution in [3.63, 3.8) is 0 Å². The first kappa shape index (κ1) is 28.0. The zero-order valence-electron chi connectivity index (χ0n) is 23.0. The molecule has 0 radical (unpaired) electrons. The number of ketones is 1. The third-order valence-electron chi connectivity index (χ3n) is 7.22. The average Bonchev–Trinajstić information content (AvgIpc) is 2.99. The number of amides is 3. The van der Waals surface area contributed by atoms with E-state index < -0.39 is 23.3 Å². The summed E-state index contributed by atoms with van der Waals surface area (Å²) in [4.78, 5) is 53.0. The predicted octanol–water partition coefficient (Wildman–Crippen LogP) is 5.47. The summed E-state index contributed by atoms with van der Waals surface area (Å²) >= 11 is 0. The molecule has 2 aromatic rings. The molecule has 1 saturated carbocycles. The second-order valence-corrected chi connectivity index (χ2v) is 11.4. The number of benzene rings is 2. The number of hydrogen-bond donors (Lipinski definition) is 2. The Morgan fingerprint density at radius 3 is 2.41 bits per heavy atom. The minimum atomic E-state index is -1.11. The summed E-state index contributed by atoms with van der Waals surface area (Å²) in [5.41, 5.74) is 2.80. The Morgan fingerprint density at radius 2 is 1.74 bits per heavy atom. The van der Waals surface area contributed by atoms with Crippen LogP contribution in [0.3, 0.4) is 0 Å². The fourth-order valence-corrected chi connectivity index (χ4v) is 4.93. The summed E-state index contributed by atoms with van der Waals surface area (Å²) in [6.45, 7) is 6.84. The lowest BCUT2D eigenvalue weighted by atomic mass is 9.82. The minimum Gasteiger partial charge on any atom is -0.478 e. The Balaban J connectivity index is 1.72. The second kappa shape index (κ2) is 11.4. The van der Waals surface area contributed by atoms with E-state index in [1.807, 2.05) is 45.9 Å². The molecule has 9 heteroatoms. The highest BCUT2D eigenvalue weighted by atomic mass is 16.4. The van der Waals surface area contributed by atoms with E-state index >= 15 is 0 Å². The summed E-state index contributed by atoms with van der Waals surface area (Å²) in [5, 5.41) is 17.9. The van der Waals surface area contributed by atoms with Crippen LogP contribution in [0.2, 0.25) is 0 Å². The van der Waals surface area contributed by atoms with Crippen LogP contribution in [0.1, 0.15) is 74.4 Å². The van der Waals surface area contributed by atoms with Gasteiger partial charge >= 0.3 is 12.0 Å². The van der Waals surface area contributed by atoms with Crippen LogP contribution >= 0.6 is 0 Å². The molecule has 0 aromatic heterocycles. The molecule has 0 bridgehead atoms. The van der Waals surface area contributed by atoms with Gasteiger partial charge in [-0.15, -0.1) is 0 Å². The Bertz CT molecular complexity index is 1320. The van der Waals surface area contributed by atoms with E-state index in [4.69, 9.17) is 5.10 Å². The molecule has 1 heterocycles. The number of fused-ring (bicyclic) bond motifs is 1. The SMILES string of the molecule is Cc1ccc2c(c1)N(CC(=O)C(C)(C)C)C(=O)N(CC(=O)Nc1cccc(C(=O)O)c1)N=C2C1CCCCC1. The molecule has 1 aliphatic heterocycles. The van der Waals surface area contributed by atoms with Crippen molar-refractivity contribution in [3.8, 4) is 0 Å². The summed E-state index contributed by atoms with van der Waals surface area (Å²) in [6.07, 6.45) is 5.14. The van der Waals surface area contributed by atoms with E-state index in [2.05, 4.69) is 5.32 Å². The normalized spacial score (nSPS) is 16.3. The van der Waals surface area contributed by atoms with E-state index in [0.29, 0.717) is 11.4 Å². The Morgan fingerprint density at radius 1 is 1.03 bits per heavy atom. The van der Waals surface area contributed by atoms with Gasteiger partial charge in [-0.25, -0.2) is 14.6 Å². The van der Waals surface area contributed by atoms with E-state index in [0.717, 1.165) is 54.0 Å². The number of rotatable bonds is 7. The molecule has 3 amide bonds. The topological polar surface area (TPSA) is 119 Å². The lowest BCUT2D eigenvalue weighted by molar-refractivity contribution is -0.124. The quantitative estimate of drug-likeness (QED) is 0.490. The van der Waals surface area contributed by atoms with Gasteiger partial charge in [-0.3, -0.25) is 14.5 Å². The molecule has 9 nitrogen and oxygen atoms in total. The summed E-state index contributed by atoms with van der Waals surface area (Å²) in [5.74, 6) is -1.62. The van der Waals surface area contributed by atoms with Crippen molar-refractivity contribution in [1.29, 1.82) is 0 Å². The van der Waals surface area contributed by atoms with Crippen LogP contribution in [0.4, 0.5) is 16.2 Å². The highest BCUT2D eigenvalue weighted by molar-refractivity contribution is 6.13. The standard InChI is InChI=1S/C30H36N4O5/c1-19-13-14-23-24(15-19)33(17-25(35)30(2,3)4)29(39)34(32-27(23)20-9-6-5-7-10-20)18-26(36)31-22-12-8-11-21(16-22)28(37)38/h8,11-16,20H,5-7,9-10,17-18H2,1-4H3,(H,31,36)(H,37,38). The fourth-order valence-electron chi connectivity index (χ4n) is 4.93. The number of carbonyl (C=O) groups excluding carboxylic acids is 3. The first-order valence-corrected chi connectivity index (χ1v) is 13.4. The molecular formula is C30H36N4O5. The zero-order chi connectivity index (χ0) is 28.3. The van der Waals surface area contributed by atoms with Crippen molar-refractivity contribution in [1.82, 2.24) is 5.01 Å². The van der Waals surface area contributed by atoms with Crippen molar-refractivity contribution in [2.45, 2.75) is 59.8 Å². The summed E-state index contributed by atoms with van der Waals surface area (Å²) in [7, 11) is 0. The van der Waals surface area contributed by atoms with E-state index in [1.54, 1.807) is 6.07 Å². The average molecular weight is 533 g/mol. The van der Waals surface area contributed by atoms with Gasteiger partial charge in [0.1, 0.15) is 6.54 Å². The molecule has 2 N–H and O–H groups in total. The largest absolute Gasteiger partial charge is 0.478 e. The van der Waals surface area contributed by atoms with Gasteiger partial charge in [0.05, 0.1) is 23.5 Å². The Kier molecular flexibility index (Phi) is 8.18. The zero-order valence-corrected chi connectivity index (χ0v) is 23.0. The summed E-state index contributed by atoms with van der Waals surface area (Å²) < 4.78 is 0. The van der Waals surface area contributed by atoms with Crippen LogP contribution in [0.15, 0.2) is 47.6 Å². The van der Waals surface area contributed by atoms with Crippen molar-refractivity contribution >= 4 is 40.8 Å². The van der Waals surface area contributed by atoms with E-state index in [1.165, 1.54) is 23.1 Å². The minimum absolute atomic E-state index is 0.0361. The lowest BCUT2D eigenvalue weighted by Crippen LogP contribution is -2.47. The number of carboxylic acid groups (broad SMARTS) is 1. The molecule has 0 saturated heterocycles. The van der Waals surface area contributed by atoms with Crippen LogP contribution < -0.4 is 10.2 Å². The third kappa shape index (κ3) is 6.53. The molecule has 2 aromatic carbocycles. The van der Waals surface area contributed by atoms with E-state index in [9.17, 15) is 24.3 Å². The number of aromatic carboxylic acids is 1. The number of aryl methyl sites for hydroxylation is 1. The molecular weight excluding hydrogens is 496 g/mol. The van der Waals surface area contributed by atoms with Gasteiger partial charge < -0.3 is 10.4 Å². The Labute approximate surface area is 228 Å². The molecule has 39 heavy (non-hydrogen) atoms. The number of nitrogens with one attached hydrogen (secondary N) is 1. The molecule has 0 spiro atoms. The van der Waals surface area contributed by atoms with Crippen molar-refractivity contribution in [2.75, 3.05) is 23.3 Å². The van der Waals surface area contributed by atoms with Crippen LogP contribution in [-0.4, -0.2) is 52.6 Å². The molecule has 1 aliphatic carbocycles. The number of Topliss-reactive ketones (excluding diaryl/α,β-unsaturated/α-hetero) is 1. The van der Waals surface area contributed by atoms with Gasteiger partial charge in [0.25, 0.3) is 0 Å². The first-order chi connectivity index (χ1) is 18.4. The number of urea groups is 1. The number of nitrogens with zero attached hydrogens (tertiary/aromatic N) is 3. The highest BCUT2D eigenvalue weighted by Gasteiger charge is 2.36. The number of carboxylic acids is 1. The van der Waals surface area contributed by atoms with Gasteiger partial charge in [0, 0.05) is 22.6 Å². The van der Waals surface area contributed by atoms with Gasteiger partial charge in [0.2, 0.25) is 5.91 Å².